The number of benzene rings is 1. The minimum atomic E-state index is 0.625. The van der Waals surface area contributed by atoms with Crippen molar-refractivity contribution in [2.24, 2.45) is 0 Å². The first-order chi connectivity index (χ1) is 9.69. The molecule has 0 atom stereocenters. The van der Waals surface area contributed by atoms with Gasteiger partial charge in [0.1, 0.15) is 12.4 Å². The zero-order valence-electron chi connectivity index (χ0n) is 11.9. The summed E-state index contributed by atoms with van der Waals surface area (Å²) < 4.78 is 7.09. The van der Waals surface area contributed by atoms with Crippen LogP contribution in [0.15, 0.2) is 34.1 Å². The molecule has 1 aromatic carbocycles. The van der Waals surface area contributed by atoms with Gasteiger partial charge in [0, 0.05) is 26.8 Å². The molecule has 2 nitrogen and oxygen atoms in total. The van der Waals surface area contributed by atoms with E-state index >= 15 is 0 Å². The van der Waals surface area contributed by atoms with E-state index in [9.17, 15) is 0 Å². The van der Waals surface area contributed by atoms with Crippen molar-refractivity contribution >= 4 is 27.3 Å². The van der Waals surface area contributed by atoms with Crippen molar-refractivity contribution in [3.63, 3.8) is 0 Å². The Balaban J connectivity index is 2.01. The van der Waals surface area contributed by atoms with Crippen molar-refractivity contribution in [3.8, 4) is 5.75 Å². The van der Waals surface area contributed by atoms with E-state index < -0.39 is 0 Å². The van der Waals surface area contributed by atoms with Gasteiger partial charge in [0.05, 0.1) is 0 Å². The normalized spacial score (nSPS) is 10.8. The van der Waals surface area contributed by atoms with Gasteiger partial charge in [-0.1, -0.05) is 24.6 Å². The number of hydrogen-bond acceptors (Lipinski definition) is 3. The fourth-order valence-electron chi connectivity index (χ4n) is 1.97. The lowest BCUT2D eigenvalue weighted by Crippen LogP contribution is -2.14. The van der Waals surface area contributed by atoms with Crippen LogP contribution in [0.5, 0.6) is 5.75 Å². The van der Waals surface area contributed by atoms with Gasteiger partial charge in [0.15, 0.2) is 0 Å². The summed E-state index contributed by atoms with van der Waals surface area (Å²) in [6, 6.07) is 8.47. The maximum atomic E-state index is 5.97. The molecule has 0 aliphatic heterocycles. The number of thiophene rings is 1. The van der Waals surface area contributed by atoms with E-state index in [1.165, 1.54) is 16.0 Å². The SMILES string of the molecule is CCCNCc1cc(C)ccc1OCc1cc(Br)cs1. The molecule has 1 N–H and O–H groups in total. The van der Waals surface area contributed by atoms with Crippen molar-refractivity contribution in [3.05, 3.63) is 50.1 Å². The summed E-state index contributed by atoms with van der Waals surface area (Å²) in [6.07, 6.45) is 1.14. The molecule has 20 heavy (non-hydrogen) atoms. The molecule has 0 aliphatic carbocycles. The fourth-order valence-corrected chi connectivity index (χ4v) is 3.33. The van der Waals surface area contributed by atoms with Crippen LogP contribution in [-0.2, 0) is 13.2 Å². The third-order valence-corrected chi connectivity index (χ3v) is 4.62. The summed E-state index contributed by atoms with van der Waals surface area (Å²) in [6.45, 7) is 6.81. The molecular weight excluding hydrogens is 334 g/mol. The van der Waals surface area contributed by atoms with Crippen molar-refractivity contribution in [2.75, 3.05) is 6.54 Å². The van der Waals surface area contributed by atoms with Crippen molar-refractivity contribution < 1.29 is 4.74 Å². The highest BCUT2D eigenvalue weighted by molar-refractivity contribution is 9.10. The molecule has 1 aromatic heterocycles. The lowest BCUT2D eigenvalue weighted by Gasteiger charge is -2.12. The second-order valence-electron chi connectivity index (χ2n) is 4.81. The van der Waals surface area contributed by atoms with Gasteiger partial charge in [-0.3, -0.25) is 0 Å². The van der Waals surface area contributed by atoms with E-state index in [0.29, 0.717) is 6.61 Å². The van der Waals surface area contributed by atoms with Crippen molar-refractivity contribution in [1.29, 1.82) is 0 Å². The number of ether oxygens (including phenoxy) is 1. The maximum Gasteiger partial charge on any atom is 0.124 e. The van der Waals surface area contributed by atoms with Crippen LogP contribution in [0.4, 0.5) is 0 Å². The van der Waals surface area contributed by atoms with Gasteiger partial charge < -0.3 is 10.1 Å². The first-order valence-electron chi connectivity index (χ1n) is 6.85. The summed E-state index contributed by atoms with van der Waals surface area (Å²) in [5.41, 5.74) is 2.50. The van der Waals surface area contributed by atoms with Crippen LogP contribution < -0.4 is 10.1 Å². The number of aryl methyl sites for hydroxylation is 1. The highest BCUT2D eigenvalue weighted by Crippen LogP contribution is 2.24. The highest BCUT2D eigenvalue weighted by atomic mass is 79.9. The van der Waals surface area contributed by atoms with Crippen molar-refractivity contribution in [2.45, 2.75) is 33.4 Å². The third-order valence-electron chi connectivity index (χ3n) is 2.95. The van der Waals surface area contributed by atoms with Gasteiger partial charge in [-0.2, -0.15) is 0 Å². The van der Waals surface area contributed by atoms with Gasteiger partial charge >= 0.3 is 0 Å². The molecule has 2 rings (SSSR count). The Hall–Kier alpha value is -0.840. The molecule has 0 aliphatic rings. The zero-order chi connectivity index (χ0) is 14.4. The lowest BCUT2D eigenvalue weighted by molar-refractivity contribution is 0.305. The molecule has 0 amide bonds. The maximum absolute atomic E-state index is 5.97. The first-order valence-corrected chi connectivity index (χ1v) is 8.52. The summed E-state index contributed by atoms with van der Waals surface area (Å²) >= 11 is 5.18. The van der Waals surface area contributed by atoms with Crippen LogP contribution >= 0.6 is 27.3 Å². The third kappa shape index (κ3) is 4.62. The van der Waals surface area contributed by atoms with Gasteiger partial charge in [0.25, 0.3) is 0 Å². The Bertz CT molecular complexity index is 553. The summed E-state index contributed by atoms with van der Waals surface area (Å²) in [5, 5.41) is 5.52. The molecule has 0 spiro atoms. The van der Waals surface area contributed by atoms with Crippen LogP contribution in [0.1, 0.15) is 29.3 Å². The van der Waals surface area contributed by atoms with Crippen LogP contribution in [0, 0.1) is 6.92 Å². The largest absolute Gasteiger partial charge is 0.488 e. The lowest BCUT2D eigenvalue weighted by atomic mass is 10.1. The van der Waals surface area contributed by atoms with Crippen LogP contribution in [0.3, 0.4) is 0 Å². The predicted molar refractivity (Wildman–Crippen MR) is 89.5 cm³/mol. The second-order valence-corrected chi connectivity index (χ2v) is 6.72. The van der Waals surface area contributed by atoms with Crippen LogP contribution in [-0.4, -0.2) is 6.54 Å². The number of halogens is 1. The summed E-state index contributed by atoms with van der Waals surface area (Å²) in [4.78, 5) is 1.23. The van der Waals surface area contributed by atoms with Gasteiger partial charge in [-0.15, -0.1) is 11.3 Å². The number of nitrogens with one attached hydrogen (secondary N) is 1. The molecule has 0 unspecified atom stereocenters. The van der Waals surface area contributed by atoms with E-state index in [2.05, 4.69) is 64.7 Å². The average molecular weight is 354 g/mol. The smallest absolute Gasteiger partial charge is 0.124 e. The fraction of sp³-hybridized carbons (Fsp3) is 0.375. The molecule has 0 fully saturated rings. The molecule has 108 valence electrons. The monoisotopic (exact) mass is 353 g/mol. The quantitative estimate of drug-likeness (QED) is 0.715. The molecule has 1 heterocycles. The first kappa shape index (κ1) is 15.5. The van der Waals surface area contributed by atoms with E-state index in [-0.39, 0.29) is 0 Å². The van der Waals surface area contributed by atoms with Crippen LogP contribution in [0.2, 0.25) is 0 Å². The van der Waals surface area contributed by atoms with Crippen LogP contribution in [0.25, 0.3) is 0 Å². The van der Waals surface area contributed by atoms with E-state index in [1.54, 1.807) is 11.3 Å². The Morgan fingerprint density at radius 2 is 2.15 bits per heavy atom. The Labute approximate surface area is 133 Å². The molecule has 0 saturated heterocycles. The Morgan fingerprint density at radius 1 is 1.30 bits per heavy atom. The summed E-state index contributed by atoms with van der Waals surface area (Å²) in [7, 11) is 0. The molecule has 0 bridgehead atoms. The topological polar surface area (TPSA) is 21.3 Å². The van der Waals surface area contributed by atoms with E-state index in [0.717, 1.165) is 29.7 Å². The highest BCUT2D eigenvalue weighted by Gasteiger charge is 2.05. The van der Waals surface area contributed by atoms with E-state index in [4.69, 9.17) is 4.74 Å². The minimum absolute atomic E-state index is 0.625. The Kier molecular flexibility index (Phi) is 6.07. The van der Waals surface area contributed by atoms with Gasteiger partial charge in [-0.05, 0) is 48.0 Å². The number of rotatable bonds is 7. The second kappa shape index (κ2) is 7.81. The zero-order valence-corrected chi connectivity index (χ0v) is 14.3. The Morgan fingerprint density at radius 3 is 2.85 bits per heavy atom. The molecule has 0 saturated carbocycles. The van der Waals surface area contributed by atoms with Gasteiger partial charge in [-0.25, -0.2) is 0 Å². The molecular formula is C16H20BrNOS. The summed E-state index contributed by atoms with van der Waals surface area (Å²) in [5.74, 6) is 0.976. The van der Waals surface area contributed by atoms with Gasteiger partial charge in [0.2, 0.25) is 0 Å². The minimum Gasteiger partial charge on any atom is -0.488 e. The molecule has 0 radical (unpaired) electrons. The predicted octanol–water partition coefficient (Wildman–Crippen LogP) is 4.90. The average Bonchev–Trinajstić information content (AvgIpc) is 2.84. The van der Waals surface area contributed by atoms with E-state index in [1.807, 2.05) is 0 Å². The van der Waals surface area contributed by atoms with Crippen molar-refractivity contribution in [1.82, 2.24) is 5.32 Å². The standard InChI is InChI=1S/C16H20BrNOS/c1-3-6-18-9-13-7-12(2)4-5-16(13)19-10-15-8-14(17)11-20-15/h4-5,7-8,11,18H,3,6,9-10H2,1-2H3. The molecule has 2 aromatic rings. The number of hydrogen-bond donors (Lipinski definition) is 1. The molecule has 4 heteroatoms.